The lowest BCUT2D eigenvalue weighted by Crippen LogP contribution is -2.26. The van der Waals surface area contributed by atoms with Gasteiger partial charge in [-0.1, -0.05) is 42.5 Å². The van der Waals surface area contributed by atoms with Crippen LogP contribution in [0.25, 0.3) is 0 Å². The Kier molecular flexibility index (Phi) is 9.89. The second kappa shape index (κ2) is 11.6. The van der Waals surface area contributed by atoms with E-state index in [4.69, 9.17) is 5.73 Å². The Balaban J connectivity index is 0.00000182. The normalized spacial score (nSPS) is 10.3. The molecule has 0 atom stereocenters. The molecule has 7 heteroatoms. The molecule has 0 amide bonds. The van der Waals surface area contributed by atoms with Crippen molar-refractivity contribution in [1.29, 1.82) is 0 Å². The zero-order chi connectivity index (χ0) is 17.5. The summed E-state index contributed by atoms with van der Waals surface area (Å²) >= 11 is 0. The van der Waals surface area contributed by atoms with Gasteiger partial charge < -0.3 is 10.8 Å². The summed E-state index contributed by atoms with van der Waals surface area (Å²) in [6.07, 6.45) is 3.96. The molecule has 3 aromatic rings. The number of aliphatic hydroxyl groups excluding tert-OH is 1. The first-order valence-corrected chi connectivity index (χ1v) is 8.46. The number of benzene rings is 2. The number of nitrogens with two attached hydrogens (primary N) is 1. The highest BCUT2D eigenvalue weighted by atomic mass is 35.5. The molecular weight excluding hydrogens is 383 g/mol. The van der Waals surface area contributed by atoms with Gasteiger partial charge >= 0.3 is 0 Å². The number of nitrogens with zero attached hydrogens (tertiary/aromatic N) is 3. The Morgan fingerprint density at radius 1 is 0.926 bits per heavy atom. The third kappa shape index (κ3) is 7.23. The van der Waals surface area contributed by atoms with Crippen LogP contribution in [-0.4, -0.2) is 32.9 Å². The summed E-state index contributed by atoms with van der Waals surface area (Å²) in [5.41, 5.74) is 10.1. The molecule has 1 heterocycles. The van der Waals surface area contributed by atoms with Gasteiger partial charge in [0, 0.05) is 37.1 Å². The van der Waals surface area contributed by atoms with Gasteiger partial charge in [0.25, 0.3) is 0 Å². The van der Waals surface area contributed by atoms with Crippen LogP contribution in [0.4, 0.5) is 5.69 Å². The maximum atomic E-state index is 9.36. The zero-order valence-corrected chi connectivity index (χ0v) is 16.7. The molecule has 0 aliphatic rings. The minimum Gasteiger partial charge on any atom is -0.399 e. The quantitative estimate of drug-likeness (QED) is 0.560. The smallest absolute Gasteiger partial charge is 0.0659 e. The highest BCUT2D eigenvalue weighted by Crippen LogP contribution is 2.13. The van der Waals surface area contributed by atoms with Crippen LogP contribution in [0.15, 0.2) is 67.0 Å². The Morgan fingerprint density at radius 2 is 1.63 bits per heavy atom. The van der Waals surface area contributed by atoms with E-state index >= 15 is 0 Å². The van der Waals surface area contributed by atoms with Crippen molar-refractivity contribution in [2.75, 3.05) is 18.9 Å². The van der Waals surface area contributed by atoms with Gasteiger partial charge in [0.05, 0.1) is 19.3 Å². The van der Waals surface area contributed by atoms with Crippen LogP contribution in [0.3, 0.4) is 0 Å². The maximum Gasteiger partial charge on any atom is 0.0659 e. The number of nitrogen functional groups attached to an aromatic ring is 1. The van der Waals surface area contributed by atoms with Crippen LogP contribution >= 0.6 is 24.8 Å². The number of aliphatic hydroxyl groups is 1. The molecule has 5 nitrogen and oxygen atoms in total. The van der Waals surface area contributed by atoms with E-state index in [-0.39, 0.29) is 31.4 Å². The van der Waals surface area contributed by atoms with Gasteiger partial charge in [-0.05, 0) is 23.3 Å². The summed E-state index contributed by atoms with van der Waals surface area (Å²) in [5, 5.41) is 13.8. The van der Waals surface area contributed by atoms with E-state index in [1.165, 1.54) is 5.56 Å². The first-order valence-electron chi connectivity index (χ1n) is 8.46. The van der Waals surface area contributed by atoms with Crippen molar-refractivity contribution in [3.63, 3.8) is 0 Å². The molecule has 3 rings (SSSR count). The Labute approximate surface area is 172 Å². The molecule has 0 aliphatic heterocycles. The van der Waals surface area contributed by atoms with E-state index in [0.29, 0.717) is 6.54 Å². The van der Waals surface area contributed by atoms with Crippen molar-refractivity contribution >= 4 is 30.5 Å². The highest BCUT2D eigenvalue weighted by Gasteiger charge is 2.09. The molecular formula is C20H26Cl2N4O. The van der Waals surface area contributed by atoms with E-state index in [9.17, 15) is 5.11 Å². The van der Waals surface area contributed by atoms with E-state index in [1.807, 2.05) is 47.3 Å². The summed E-state index contributed by atoms with van der Waals surface area (Å²) in [6.45, 7) is 2.98. The van der Waals surface area contributed by atoms with Gasteiger partial charge in [-0.2, -0.15) is 5.10 Å². The highest BCUT2D eigenvalue weighted by molar-refractivity contribution is 5.85. The number of hydrogen-bond acceptors (Lipinski definition) is 4. The van der Waals surface area contributed by atoms with Gasteiger partial charge in [-0.15, -0.1) is 24.8 Å². The fourth-order valence-electron chi connectivity index (χ4n) is 2.91. The summed E-state index contributed by atoms with van der Waals surface area (Å²) in [6, 6.07) is 18.2. The van der Waals surface area contributed by atoms with Gasteiger partial charge in [0.1, 0.15) is 0 Å². The molecule has 1 aromatic heterocycles. The molecule has 27 heavy (non-hydrogen) atoms. The van der Waals surface area contributed by atoms with E-state index in [0.717, 1.165) is 36.4 Å². The van der Waals surface area contributed by atoms with Crippen molar-refractivity contribution in [3.05, 3.63) is 83.7 Å². The Hall–Kier alpha value is -2.05. The predicted octanol–water partition coefficient (Wildman–Crippen LogP) is 3.35. The molecule has 3 N–H and O–H groups in total. The van der Waals surface area contributed by atoms with Crippen molar-refractivity contribution in [2.24, 2.45) is 0 Å². The second-order valence-electron chi connectivity index (χ2n) is 6.21. The summed E-state index contributed by atoms with van der Waals surface area (Å²) < 4.78 is 1.95. The molecule has 0 fully saturated rings. The standard InChI is InChI=1S/C20H24N4O.2ClH/c21-20-8-4-7-18(11-20)13-23(9-10-25)14-19-12-22-24(16-19)15-17-5-2-1-3-6-17;;/h1-8,11-12,16,25H,9-10,13-15,21H2;2*1H. The second-order valence-corrected chi connectivity index (χ2v) is 6.21. The molecule has 0 bridgehead atoms. The SMILES string of the molecule is Cl.Cl.Nc1cccc(CN(CCO)Cc2cnn(Cc3ccccc3)c2)c1. The fraction of sp³-hybridized carbons (Fsp3) is 0.250. The lowest BCUT2D eigenvalue weighted by molar-refractivity contribution is 0.184. The summed E-state index contributed by atoms with van der Waals surface area (Å²) in [4.78, 5) is 2.19. The van der Waals surface area contributed by atoms with Crippen LogP contribution in [-0.2, 0) is 19.6 Å². The molecule has 0 radical (unpaired) electrons. The minimum atomic E-state index is 0. The minimum absolute atomic E-state index is 0. The van der Waals surface area contributed by atoms with Crippen LogP contribution in [0, 0.1) is 0 Å². The number of anilines is 1. The third-order valence-corrected chi connectivity index (χ3v) is 4.05. The van der Waals surface area contributed by atoms with Crippen molar-refractivity contribution < 1.29 is 5.11 Å². The van der Waals surface area contributed by atoms with Crippen LogP contribution < -0.4 is 5.73 Å². The number of aromatic nitrogens is 2. The molecule has 0 unspecified atom stereocenters. The number of rotatable bonds is 8. The van der Waals surface area contributed by atoms with Crippen molar-refractivity contribution in [1.82, 2.24) is 14.7 Å². The van der Waals surface area contributed by atoms with Crippen LogP contribution in [0.1, 0.15) is 16.7 Å². The molecule has 0 saturated carbocycles. The lowest BCUT2D eigenvalue weighted by Gasteiger charge is -2.20. The topological polar surface area (TPSA) is 67.3 Å². The third-order valence-electron chi connectivity index (χ3n) is 4.05. The number of halogens is 2. The average Bonchev–Trinajstić information content (AvgIpc) is 3.03. The van der Waals surface area contributed by atoms with Crippen LogP contribution in [0.5, 0.6) is 0 Å². The Bertz CT molecular complexity index is 795. The number of hydrogen-bond donors (Lipinski definition) is 2. The molecule has 2 aromatic carbocycles. The van der Waals surface area contributed by atoms with Gasteiger partial charge in [-0.25, -0.2) is 0 Å². The fourth-order valence-corrected chi connectivity index (χ4v) is 2.91. The predicted molar refractivity (Wildman–Crippen MR) is 114 cm³/mol. The van der Waals surface area contributed by atoms with Crippen LogP contribution in [0.2, 0.25) is 0 Å². The molecule has 146 valence electrons. The van der Waals surface area contributed by atoms with E-state index in [2.05, 4.69) is 34.4 Å². The zero-order valence-electron chi connectivity index (χ0n) is 15.1. The molecule has 0 aliphatic carbocycles. The van der Waals surface area contributed by atoms with Crippen molar-refractivity contribution in [2.45, 2.75) is 19.6 Å². The lowest BCUT2D eigenvalue weighted by atomic mass is 10.2. The van der Waals surface area contributed by atoms with Gasteiger partial charge in [0.15, 0.2) is 0 Å². The van der Waals surface area contributed by atoms with E-state index in [1.54, 1.807) is 0 Å². The first-order chi connectivity index (χ1) is 12.2. The Morgan fingerprint density at radius 3 is 2.33 bits per heavy atom. The average molecular weight is 409 g/mol. The largest absolute Gasteiger partial charge is 0.399 e. The first kappa shape index (κ1) is 23.0. The van der Waals surface area contributed by atoms with Gasteiger partial charge in [0.2, 0.25) is 0 Å². The van der Waals surface area contributed by atoms with E-state index < -0.39 is 0 Å². The monoisotopic (exact) mass is 408 g/mol. The van der Waals surface area contributed by atoms with Crippen molar-refractivity contribution in [3.8, 4) is 0 Å². The van der Waals surface area contributed by atoms with Gasteiger partial charge in [-0.3, -0.25) is 9.58 Å². The maximum absolute atomic E-state index is 9.36. The summed E-state index contributed by atoms with van der Waals surface area (Å²) in [5.74, 6) is 0. The molecule has 0 saturated heterocycles. The molecule has 0 spiro atoms. The summed E-state index contributed by atoms with van der Waals surface area (Å²) in [7, 11) is 0.